The summed E-state index contributed by atoms with van der Waals surface area (Å²) in [6, 6.07) is 27.8. The van der Waals surface area contributed by atoms with E-state index in [2.05, 4.69) is 0 Å². The summed E-state index contributed by atoms with van der Waals surface area (Å²) in [5, 5.41) is 11.6. The minimum atomic E-state index is -1.29. The molecule has 0 aromatic heterocycles. The quantitative estimate of drug-likeness (QED) is 0.366. The Kier molecular flexibility index (Phi) is 9.78. The summed E-state index contributed by atoms with van der Waals surface area (Å²) in [7, 11) is 0. The SMILES string of the molecule is CC(C)(C)OC(=O)N(Cc1ccccc1)C[C@@H](O)[C@H](Cc1ccccc1)C(=O)N1C(=O)OC[C@H]1Cc1ccccc1. The largest absolute Gasteiger partial charge is 0.447 e. The van der Waals surface area contributed by atoms with E-state index in [4.69, 9.17) is 9.47 Å². The van der Waals surface area contributed by atoms with Gasteiger partial charge in [-0.1, -0.05) is 91.0 Å². The van der Waals surface area contributed by atoms with Crippen molar-refractivity contribution >= 4 is 18.1 Å². The van der Waals surface area contributed by atoms with Crippen LogP contribution in [0, 0.1) is 5.92 Å². The van der Waals surface area contributed by atoms with Crippen LogP contribution in [0.4, 0.5) is 9.59 Å². The number of imide groups is 1. The number of hydrogen-bond donors (Lipinski definition) is 1. The highest BCUT2D eigenvalue weighted by Gasteiger charge is 2.43. The smallest absolute Gasteiger partial charge is 0.416 e. The topological polar surface area (TPSA) is 96.4 Å². The number of hydrogen-bond acceptors (Lipinski definition) is 6. The number of benzene rings is 3. The van der Waals surface area contributed by atoms with Gasteiger partial charge >= 0.3 is 12.2 Å². The van der Waals surface area contributed by atoms with Gasteiger partial charge in [-0.05, 0) is 50.3 Å². The van der Waals surface area contributed by atoms with Crippen molar-refractivity contribution in [3.8, 4) is 0 Å². The molecule has 0 saturated carbocycles. The van der Waals surface area contributed by atoms with Crippen molar-refractivity contribution < 1.29 is 29.0 Å². The van der Waals surface area contributed by atoms with Crippen LogP contribution in [0.1, 0.15) is 37.5 Å². The molecule has 1 heterocycles. The standard InChI is InChI=1S/C33H38N2O6/c1-33(2,3)41-31(38)34(21-26-17-11-6-12-18-26)22-29(36)28(20-25-15-9-5-10-16-25)30(37)35-27(23-40-32(35)39)19-24-13-7-4-8-14-24/h4-18,27-29,36H,19-23H2,1-3H3/t27-,28+,29-/m1/s1. The molecular formula is C33H38N2O6. The van der Waals surface area contributed by atoms with Crippen molar-refractivity contribution in [2.45, 2.75) is 57.9 Å². The second kappa shape index (κ2) is 13.5. The maximum atomic E-state index is 14.1. The van der Waals surface area contributed by atoms with Gasteiger partial charge in [0.1, 0.15) is 12.2 Å². The van der Waals surface area contributed by atoms with E-state index in [1.54, 1.807) is 20.8 Å². The van der Waals surface area contributed by atoms with E-state index in [1.165, 1.54) is 4.90 Å². The number of amides is 3. The van der Waals surface area contributed by atoms with Crippen LogP contribution >= 0.6 is 0 Å². The Morgan fingerprint density at radius 1 is 0.927 bits per heavy atom. The molecule has 3 aromatic rings. The molecule has 1 fully saturated rings. The molecule has 0 aliphatic carbocycles. The lowest BCUT2D eigenvalue weighted by Crippen LogP contribution is -2.50. The minimum Gasteiger partial charge on any atom is -0.447 e. The Hall–Kier alpha value is -4.17. The number of aliphatic hydroxyl groups excluding tert-OH is 1. The fourth-order valence-electron chi connectivity index (χ4n) is 4.89. The van der Waals surface area contributed by atoms with Crippen molar-refractivity contribution in [3.05, 3.63) is 108 Å². The van der Waals surface area contributed by atoms with Crippen molar-refractivity contribution in [2.24, 2.45) is 5.92 Å². The van der Waals surface area contributed by atoms with Crippen LogP contribution in [-0.4, -0.2) is 63.9 Å². The van der Waals surface area contributed by atoms with Crippen LogP contribution in [0.15, 0.2) is 91.0 Å². The number of aliphatic hydroxyl groups is 1. The molecule has 1 aliphatic rings. The number of cyclic esters (lactones) is 1. The lowest BCUT2D eigenvalue weighted by Gasteiger charge is -2.32. The second-order valence-corrected chi connectivity index (χ2v) is 11.3. The maximum Gasteiger partial charge on any atom is 0.416 e. The first-order valence-corrected chi connectivity index (χ1v) is 13.9. The molecule has 1 saturated heterocycles. The Bertz CT molecular complexity index is 1290. The van der Waals surface area contributed by atoms with Gasteiger partial charge in [-0.2, -0.15) is 0 Å². The lowest BCUT2D eigenvalue weighted by atomic mass is 9.91. The monoisotopic (exact) mass is 558 g/mol. The minimum absolute atomic E-state index is 0.0751. The number of nitrogens with zero attached hydrogens (tertiary/aromatic N) is 2. The molecule has 3 aromatic carbocycles. The van der Waals surface area contributed by atoms with Crippen LogP contribution in [-0.2, 0) is 33.7 Å². The van der Waals surface area contributed by atoms with Gasteiger partial charge in [0.25, 0.3) is 0 Å². The van der Waals surface area contributed by atoms with E-state index in [1.807, 2.05) is 91.0 Å². The molecule has 4 rings (SSSR count). The molecule has 8 heteroatoms. The maximum absolute atomic E-state index is 14.1. The third-order valence-electron chi connectivity index (χ3n) is 6.87. The zero-order valence-electron chi connectivity index (χ0n) is 23.8. The van der Waals surface area contributed by atoms with E-state index in [-0.39, 0.29) is 26.1 Å². The third-order valence-corrected chi connectivity index (χ3v) is 6.87. The average molecular weight is 559 g/mol. The van der Waals surface area contributed by atoms with Crippen molar-refractivity contribution in [2.75, 3.05) is 13.2 Å². The summed E-state index contributed by atoms with van der Waals surface area (Å²) in [6.45, 7) is 5.41. The molecule has 3 amide bonds. The van der Waals surface area contributed by atoms with Crippen LogP contribution in [0.25, 0.3) is 0 Å². The average Bonchev–Trinajstić information content (AvgIpc) is 3.31. The summed E-state index contributed by atoms with van der Waals surface area (Å²) in [5.74, 6) is -1.55. The van der Waals surface area contributed by atoms with E-state index >= 15 is 0 Å². The van der Waals surface area contributed by atoms with E-state index < -0.39 is 41.8 Å². The van der Waals surface area contributed by atoms with Crippen LogP contribution in [0.5, 0.6) is 0 Å². The molecule has 3 atom stereocenters. The van der Waals surface area contributed by atoms with E-state index in [0.29, 0.717) is 6.42 Å². The fraction of sp³-hybridized carbons (Fsp3) is 0.364. The second-order valence-electron chi connectivity index (χ2n) is 11.3. The molecule has 0 bridgehead atoms. The molecule has 0 unspecified atom stereocenters. The van der Waals surface area contributed by atoms with E-state index in [9.17, 15) is 19.5 Å². The van der Waals surface area contributed by atoms with Gasteiger partial charge < -0.3 is 19.5 Å². The van der Waals surface area contributed by atoms with Gasteiger partial charge in [-0.15, -0.1) is 0 Å². The summed E-state index contributed by atoms with van der Waals surface area (Å²) in [6.07, 6.45) is -2.01. The number of ether oxygens (including phenoxy) is 2. The zero-order valence-corrected chi connectivity index (χ0v) is 23.8. The Morgan fingerprint density at radius 2 is 1.46 bits per heavy atom. The highest BCUT2D eigenvalue weighted by molar-refractivity contribution is 5.95. The third kappa shape index (κ3) is 8.41. The number of carbonyl (C=O) groups excluding carboxylic acids is 3. The van der Waals surface area contributed by atoms with Gasteiger partial charge in [0.05, 0.1) is 24.6 Å². The predicted octanol–water partition coefficient (Wildman–Crippen LogP) is 5.23. The highest BCUT2D eigenvalue weighted by atomic mass is 16.6. The van der Waals surface area contributed by atoms with Crippen LogP contribution < -0.4 is 0 Å². The van der Waals surface area contributed by atoms with E-state index in [0.717, 1.165) is 21.6 Å². The molecule has 0 radical (unpaired) electrons. The summed E-state index contributed by atoms with van der Waals surface area (Å²) in [4.78, 5) is 42.7. The number of carbonyl (C=O) groups is 3. The first-order valence-electron chi connectivity index (χ1n) is 13.9. The highest BCUT2D eigenvalue weighted by Crippen LogP contribution is 2.25. The molecule has 0 spiro atoms. The normalized spacial score (nSPS) is 16.5. The first kappa shape index (κ1) is 29.8. The molecule has 8 nitrogen and oxygen atoms in total. The molecule has 1 aliphatic heterocycles. The van der Waals surface area contributed by atoms with Gasteiger partial charge in [0.15, 0.2) is 0 Å². The van der Waals surface area contributed by atoms with Crippen LogP contribution in [0.3, 0.4) is 0 Å². The van der Waals surface area contributed by atoms with Crippen molar-refractivity contribution in [3.63, 3.8) is 0 Å². The molecule has 1 N–H and O–H groups in total. The van der Waals surface area contributed by atoms with Gasteiger partial charge in [-0.3, -0.25) is 4.79 Å². The molecule has 41 heavy (non-hydrogen) atoms. The summed E-state index contributed by atoms with van der Waals surface area (Å²) in [5.41, 5.74) is 1.89. The number of rotatable bonds is 10. The Balaban J connectivity index is 1.61. The summed E-state index contributed by atoms with van der Waals surface area (Å²) < 4.78 is 10.9. The molecular weight excluding hydrogens is 520 g/mol. The summed E-state index contributed by atoms with van der Waals surface area (Å²) >= 11 is 0. The Labute approximate surface area is 241 Å². The van der Waals surface area contributed by atoms with Gasteiger partial charge in [0, 0.05) is 6.54 Å². The molecule has 216 valence electrons. The van der Waals surface area contributed by atoms with Gasteiger partial charge in [-0.25, -0.2) is 14.5 Å². The zero-order chi connectivity index (χ0) is 29.4. The predicted molar refractivity (Wildman–Crippen MR) is 155 cm³/mol. The first-order chi connectivity index (χ1) is 19.6. The van der Waals surface area contributed by atoms with Crippen molar-refractivity contribution in [1.82, 2.24) is 9.80 Å². The fourth-order valence-corrected chi connectivity index (χ4v) is 4.89. The van der Waals surface area contributed by atoms with Gasteiger partial charge in [0.2, 0.25) is 5.91 Å². The van der Waals surface area contributed by atoms with Crippen molar-refractivity contribution in [1.29, 1.82) is 0 Å². The van der Waals surface area contributed by atoms with Crippen LogP contribution in [0.2, 0.25) is 0 Å². The Morgan fingerprint density at radius 3 is 2.02 bits per heavy atom. The lowest BCUT2D eigenvalue weighted by molar-refractivity contribution is -0.137.